The third kappa shape index (κ3) is 6.86. The number of halogens is 7. The zero-order chi connectivity index (χ0) is 26.7. The molecule has 0 heterocycles. The molecular formula is C26H30ClF6NO2. The van der Waals surface area contributed by atoms with Crippen molar-refractivity contribution in [2.75, 3.05) is 6.54 Å². The number of aryl methyl sites for hydroxylation is 1. The number of alkyl halides is 6. The molecule has 36 heavy (non-hydrogen) atoms. The van der Waals surface area contributed by atoms with Gasteiger partial charge in [-0.2, -0.15) is 26.3 Å². The molecule has 4 unspecified atom stereocenters. The SMILES string of the molecule is CCc1cc(Oc2cccc(C(C)(NCC(O)C(F)(F)F)C3CCCC(C(F)(F)F)C3)c2)ccc1Cl. The van der Waals surface area contributed by atoms with Crippen LogP contribution in [0.15, 0.2) is 42.5 Å². The fourth-order valence-electron chi connectivity index (χ4n) is 4.82. The maximum atomic E-state index is 13.5. The molecule has 1 aliphatic rings. The quantitative estimate of drug-likeness (QED) is 0.338. The molecule has 2 aromatic rings. The molecule has 3 nitrogen and oxygen atoms in total. The Labute approximate surface area is 211 Å². The van der Waals surface area contributed by atoms with Gasteiger partial charge in [0.15, 0.2) is 6.10 Å². The smallest absolute Gasteiger partial charge is 0.415 e. The van der Waals surface area contributed by atoms with E-state index in [1.54, 1.807) is 49.4 Å². The zero-order valence-electron chi connectivity index (χ0n) is 20.0. The minimum Gasteiger partial charge on any atom is -0.457 e. The van der Waals surface area contributed by atoms with Crippen LogP contribution in [-0.2, 0) is 12.0 Å². The standard InChI is InChI=1S/C26H30ClF6NO2/c1-3-16-12-21(10-11-22(16)27)36-20-9-5-7-18(14-20)24(2,34-15-23(35)26(31,32)33)17-6-4-8-19(13-17)25(28,29)30/h5,7,9-12,14,17,19,23,34-35H,3-4,6,8,13,15H2,1-2H3. The van der Waals surface area contributed by atoms with Crippen molar-refractivity contribution in [2.24, 2.45) is 11.8 Å². The number of hydrogen-bond acceptors (Lipinski definition) is 3. The monoisotopic (exact) mass is 537 g/mol. The van der Waals surface area contributed by atoms with Crippen LogP contribution in [0.3, 0.4) is 0 Å². The molecule has 10 heteroatoms. The third-order valence-electron chi connectivity index (χ3n) is 7.06. The lowest BCUT2D eigenvalue weighted by Gasteiger charge is -2.44. The van der Waals surface area contributed by atoms with Crippen molar-refractivity contribution in [1.29, 1.82) is 0 Å². The topological polar surface area (TPSA) is 41.5 Å². The minimum absolute atomic E-state index is 0.0132. The predicted molar refractivity (Wildman–Crippen MR) is 126 cm³/mol. The van der Waals surface area contributed by atoms with E-state index in [0.717, 1.165) is 5.56 Å². The molecule has 0 saturated heterocycles. The van der Waals surface area contributed by atoms with Gasteiger partial charge in [0.05, 0.1) is 5.92 Å². The average Bonchev–Trinajstić information content (AvgIpc) is 2.82. The second-order valence-corrected chi connectivity index (χ2v) is 9.89. The molecule has 200 valence electrons. The molecule has 0 aromatic heterocycles. The first-order chi connectivity index (χ1) is 16.7. The largest absolute Gasteiger partial charge is 0.457 e. The van der Waals surface area contributed by atoms with E-state index in [0.29, 0.717) is 41.3 Å². The van der Waals surface area contributed by atoms with Gasteiger partial charge in [0, 0.05) is 17.1 Å². The van der Waals surface area contributed by atoms with Crippen molar-refractivity contribution in [3.63, 3.8) is 0 Å². The van der Waals surface area contributed by atoms with E-state index < -0.39 is 42.4 Å². The Morgan fingerprint density at radius 3 is 2.33 bits per heavy atom. The highest BCUT2D eigenvalue weighted by Gasteiger charge is 2.48. The molecule has 1 aliphatic carbocycles. The van der Waals surface area contributed by atoms with Gasteiger partial charge in [0.1, 0.15) is 11.5 Å². The number of aliphatic hydroxyl groups is 1. The summed E-state index contributed by atoms with van der Waals surface area (Å²) in [5.74, 6) is -1.27. The zero-order valence-corrected chi connectivity index (χ0v) is 20.8. The van der Waals surface area contributed by atoms with Gasteiger partial charge in [-0.15, -0.1) is 0 Å². The van der Waals surface area contributed by atoms with E-state index in [9.17, 15) is 31.4 Å². The number of hydrogen-bond donors (Lipinski definition) is 2. The molecule has 2 aromatic carbocycles. The van der Waals surface area contributed by atoms with Gasteiger partial charge in [-0.1, -0.05) is 37.1 Å². The van der Waals surface area contributed by atoms with E-state index in [4.69, 9.17) is 16.3 Å². The minimum atomic E-state index is -4.86. The Balaban J connectivity index is 1.93. The second kappa shape index (κ2) is 11.2. The Kier molecular flexibility index (Phi) is 8.89. The van der Waals surface area contributed by atoms with E-state index >= 15 is 0 Å². The number of ether oxygens (including phenoxy) is 1. The lowest BCUT2D eigenvalue weighted by atomic mass is 9.68. The first-order valence-electron chi connectivity index (χ1n) is 11.9. The van der Waals surface area contributed by atoms with Crippen LogP contribution in [0.4, 0.5) is 26.3 Å². The number of benzene rings is 2. The van der Waals surface area contributed by atoms with E-state index in [1.165, 1.54) is 0 Å². The summed E-state index contributed by atoms with van der Waals surface area (Å²) in [5.41, 5.74) is 0.0784. The molecule has 0 bridgehead atoms. The first-order valence-corrected chi connectivity index (χ1v) is 12.2. The number of aliphatic hydroxyl groups excluding tert-OH is 1. The van der Waals surface area contributed by atoms with Gasteiger partial charge in [-0.05, 0) is 80.0 Å². The molecular weight excluding hydrogens is 508 g/mol. The van der Waals surface area contributed by atoms with Gasteiger partial charge < -0.3 is 15.2 Å². The maximum Gasteiger partial charge on any atom is 0.415 e. The van der Waals surface area contributed by atoms with Gasteiger partial charge in [0.2, 0.25) is 0 Å². The van der Waals surface area contributed by atoms with E-state index in [1.807, 2.05) is 6.92 Å². The summed E-state index contributed by atoms with van der Waals surface area (Å²) in [6.07, 6.45) is -10.7. The summed E-state index contributed by atoms with van der Waals surface area (Å²) in [6, 6.07) is 11.7. The lowest BCUT2D eigenvalue weighted by Crippen LogP contribution is -2.52. The van der Waals surface area contributed by atoms with Crippen LogP contribution in [-0.4, -0.2) is 30.1 Å². The lowest BCUT2D eigenvalue weighted by molar-refractivity contribution is -0.204. The fraction of sp³-hybridized carbons (Fsp3) is 0.538. The van der Waals surface area contributed by atoms with Crippen molar-refractivity contribution in [1.82, 2.24) is 5.32 Å². The normalized spacial score (nSPS) is 21.6. The molecule has 0 radical (unpaired) electrons. The van der Waals surface area contributed by atoms with Gasteiger partial charge >= 0.3 is 12.4 Å². The highest BCUT2D eigenvalue weighted by Crippen LogP contribution is 2.47. The molecule has 0 aliphatic heterocycles. The van der Waals surface area contributed by atoms with Gasteiger partial charge in [-0.3, -0.25) is 0 Å². The highest BCUT2D eigenvalue weighted by molar-refractivity contribution is 6.31. The molecule has 3 rings (SSSR count). The van der Waals surface area contributed by atoms with E-state index in [2.05, 4.69) is 5.32 Å². The molecule has 2 N–H and O–H groups in total. The fourth-order valence-corrected chi connectivity index (χ4v) is 5.07. The van der Waals surface area contributed by atoms with Crippen molar-refractivity contribution >= 4 is 11.6 Å². The number of rotatable bonds is 8. The summed E-state index contributed by atoms with van der Waals surface area (Å²) >= 11 is 6.16. The predicted octanol–water partition coefficient (Wildman–Crippen LogP) is 7.79. The Morgan fingerprint density at radius 2 is 1.69 bits per heavy atom. The molecule has 0 amide bonds. The van der Waals surface area contributed by atoms with Crippen LogP contribution >= 0.6 is 11.6 Å². The van der Waals surface area contributed by atoms with Crippen LogP contribution in [0.5, 0.6) is 11.5 Å². The van der Waals surface area contributed by atoms with Crippen LogP contribution in [0.1, 0.15) is 50.7 Å². The Morgan fingerprint density at radius 1 is 1.03 bits per heavy atom. The van der Waals surface area contributed by atoms with Crippen molar-refractivity contribution < 1.29 is 36.2 Å². The van der Waals surface area contributed by atoms with Gasteiger partial charge in [0.25, 0.3) is 0 Å². The van der Waals surface area contributed by atoms with Crippen molar-refractivity contribution in [3.8, 4) is 11.5 Å². The summed E-state index contributed by atoms with van der Waals surface area (Å²) in [5, 5.41) is 13.0. The summed E-state index contributed by atoms with van der Waals surface area (Å²) in [4.78, 5) is 0. The Hall–Kier alpha value is -1.97. The van der Waals surface area contributed by atoms with Crippen LogP contribution in [0.2, 0.25) is 5.02 Å². The molecule has 0 spiro atoms. The van der Waals surface area contributed by atoms with Crippen LogP contribution < -0.4 is 10.1 Å². The van der Waals surface area contributed by atoms with Crippen molar-refractivity contribution in [2.45, 2.75) is 69.9 Å². The number of nitrogens with one attached hydrogen (secondary N) is 1. The summed E-state index contributed by atoms with van der Waals surface area (Å²) in [6.45, 7) is 2.68. The van der Waals surface area contributed by atoms with Crippen LogP contribution in [0.25, 0.3) is 0 Å². The second-order valence-electron chi connectivity index (χ2n) is 9.48. The molecule has 1 saturated carbocycles. The Bertz CT molecular complexity index is 1030. The average molecular weight is 538 g/mol. The maximum absolute atomic E-state index is 13.5. The highest BCUT2D eigenvalue weighted by atomic mass is 35.5. The third-order valence-corrected chi connectivity index (χ3v) is 7.43. The van der Waals surface area contributed by atoms with Gasteiger partial charge in [-0.25, -0.2) is 0 Å². The summed E-state index contributed by atoms with van der Waals surface area (Å²) in [7, 11) is 0. The van der Waals surface area contributed by atoms with Crippen molar-refractivity contribution in [3.05, 3.63) is 58.6 Å². The molecule has 1 fully saturated rings. The van der Waals surface area contributed by atoms with E-state index in [-0.39, 0.29) is 12.8 Å². The molecule has 4 atom stereocenters. The first kappa shape index (κ1) is 28.6. The summed E-state index contributed by atoms with van der Waals surface area (Å²) < 4.78 is 85.6. The van der Waals surface area contributed by atoms with Crippen LogP contribution in [0, 0.1) is 11.8 Å².